The van der Waals surface area contributed by atoms with E-state index in [1.54, 1.807) is 29.3 Å². The van der Waals surface area contributed by atoms with Crippen molar-refractivity contribution in [2.24, 2.45) is 7.05 Å². The van der Waals surface area contributed by atoms with E-state index in [1.165, 1.54) is 0 Å². The molecule has 0 bridgehead atoms. The average Bonchev–Trinajstić information content (AvgIpc) is 2.74. The number of aryl methyl sites for hydroxylation is 1. The number of thioether (sulfide) groups is 1. The van der Waals surface area contributed by atoms with Gasteiger partial charge in [0.05, 0.1) is 11.9 Å². The summed E-state index contributed by atoms with van der Waals surface area (Å²) in [5.41, 5.74) is 0. The average molecular weight is 261 g/mol. The van der Waals surface area contributed by atoms with Gasteiger partial charge in [0.1, 0.15) is 16.0 Å². The van der Waals surface area contributed by atoms with Gasteiger partial charge in [-0.1, -0.05) is 34.7 Å². The minimum absolute atomic E-state index is 0.652. The third-order valence-corrected chi connectivity index (χ3v) is 4.18. The van der Waals surface area contributed by atoms with E-state index in [0.29, 0.717) is 5.15 Å². The van der Waals surface area contributed by atoms with E-state index in [0.717, 1.165) is 20.9 Å². The molecule has 0 radical (unpaired) electrons. The van der Waals surface area contributed by atoms with Crippen LogP contribution < -0.4 is 0 Å². The van der Waals surface area contributed by atoms with E-state index in [2.05, 4.69) is 15.2 Å². The van der Waals surface area contributed by atoms with Crippen LogP contribution in [-0.2, 0) is 12.8 Å². The van der Waals surface area contributed by atoms with E-state index in [-0.39, 0.29) is 0 Å². The third-order valence-electron chi connectivity index (χ3n) is 1.86. The Morgan fingerprint density at radius 3 is 2.87 bits per heavy atom. The molecular weight excluding hydrogens is 252 g/mol. The molecular formula is C8H9ClN4S2. The van der Waals surface area contributed by atoms with Crippen molar-refractivity contribution in [3.63, 3.8) is 0 Å². The first-order valence-electron chi connectivity index (χ1n) is 4.26. The molecule has 0 saturated heterocycles. The monoisotopic (exact) mass is 260 g/mol. The second-order valence-electron chi connectivity index (χ2n) is 2.93. The second-order valence-corrected chi connectivity index (χ2v) is 5.72. The Balaban J connectivity index is 2.02. The van der Waals surface area contributed by atoms with Gasteiger partial charge < -0.3 is 4.57 Å². The van der Waals surface area contributed by atoms with Crippen molar-refractivity contribution in [2.75, 3.05) is 0 Å². The highest BCUT2D eigenvalue weighted by atomic mass is 35.5. The van der Waals surface area contributed by atoms with Crippen LogP contribution in [-0.4, -0.2) is 19.7 Å². The van der Waals surface area contributed by atoms with Gasteiger partial charge in [-0.2, -0.15) is 0 Å². The SMILES string of the molecule is Cc1nnc(SCc2ncc(Cl)n2C)s1. The fourth-order valence-electron chi connectivity index (χ4n) is 1.02. The van der Waals surface area contributed by atoms with Crippen LogP contribution in [0.1, 0.15) is 10.8 Å². The lowest BCUT2D eigenvalue weighted by Crippen LogP contribution is -1.95. The summed E-state index contributed by atoms with van der Waals surface area (Å²) in [7, 11) is 1.90. The molecule has 0 amide bonds. The van der Waals surface area contributed by atoms with E-state index in [9.17, 15) is 0 Å². The number of halogens is 1. The number of hydrogen-bond acceptors (Lipinski definition) is 5. The van der Waals surface area contributed by atoms with Gasteiger partial charge >= 0.3 is 0 Å². The van der Waals surface area contributed by atoms with E-state index >= 15 is 0 Å². The molecule has 2 aromatic rings. The van der Waals surface area contributed by atoms with E-state index in [4.69, 9.17) is 11.6 Å². The smallest absolute Gasteiger partial charge is 0.174 e. The molecule has 2 rings (SSSR count). The van der Waals surface area contributed by atoms with Gasteiger partial charge in [-0.3, -0.25) is 0 Å². The van der Waals surface area contributed by atoms with Crippen molar-refractivity contribution in [1.82, 2.24) is 19.7 Å². The zero-order valence-corrected chi connectivity index (χ0v) is 10.7. The van der Waals surface area contributed by atoms with Crippen LogP contribution in [0, 0.1) is 6.92 Å². The minimum Gasteiger partial charge on any atom is -0.322 e. The molecule has 0 unspecified atom stereocenters. The largest absolute Gasteiger partial charge is 0.322 e. The van der Waals surface area contributed by atoms with Crippen LogP contribution >= 0.6 is 34.7 Å². The highest BCUT2D eigenvalue weighted by Gasteiger charge is 2.07. The van der Waals surface area contributed by atoms with Crippen molar-refractivity contribution in [3.8, 4) is 0 Å². The lowest BCUT2D eigenvalue weighted by atomic mass is 10.7. The van der Waals surface area contributed by atoms with Crippen LogP contribution in [0.15, 0.2) is 10.5 Å². The molecule has 15 heavy (non-hydrogen) atoms. The highest BCUT2D eigenvalue weighted by Crippen LogP contribution is 2.25. The van der Waals surface area contributed by atoms with E-state index in [1.807, 2.05) is 18.5 Å². The zero-order valence-electron chi connectivity index (χ0n) is 8.27. The number of aromatic nitrogens is 4. The van der Waals surface area contributed by atoms with Gasteiger partial charge in [0, 0.05) is 7.05 Å². The number of hydrogen-bond donors (Lipinski definition) is 0. The molecule has 4 nitrogen and oxygen atoms in total. The quantitative estimate of drug-likeness (QED) is 0.796. The number of imidazole rings is 1. The molecule has 0 aliphatic heterocycles. The van der Waals surface area contributed by atoms with Crippen LogP contribution in [0.4, 0.5) is 0 Å². The predicted octanol–water partition coefficient (Wildman–Crippen LogP) is 2.53. The van der Waals surface area contributed by atoms with Gasteiger partial charge in [0.25, 0.3) is 0 Å². The first kappa shape index (κ1) is 10.9. The van der Waals surface area contributed by atoms with Gasteiger partial charge in [-0.25, -0.2) is 4.98 Å². The lowest BCUT2D eigenvalue weighted by Gasteiger charge is -1.99. The first-order chi connectivity index (χ1) is 7.16. The Labute approximate surface area is 101 Å². The minimum atomic E-state index is 0.652. The maximum Gasteiger partial charge on any atom is 0.174 e. The topological polar surface area (TPSA) is 43.6 Å². The second kappa shape index (κ2) is 4.51. The standard InChI is InChI=1S/C8H9ClN4S2/c1-5-11-12-8(15-5)14-4-7-10-3-6(9)13(7)2/h3H,4H2,1-2H3. The van der Waals surface area contributed by atoms with Crippen LogP contribution in [0.3, 0.4) is 0 Å². The zero-order chi connectivity index (χ0) is 10.8. The van der Waals surface area contributed by atoms with Gasteiger partial charge in [0.15, 0.2) is 4.34 Å². The Hall–Kier alpha value is -0.590. The van der Waals surface area contributed by atoms with Crippen LogP contribution in [0.5, 0.6) is 0 Å². The molecule has 0 fully saturated rings. The molecule has 0 aromatic carbocycles. The van der Waals surface area contributed by atoms with Crippen LogP contribution in [0.25, 0.3) is 0 Å². The molecule has 2 heterocycles. The molecule has 80 valence electrons. The number of nitrogens with zero attached hydrogens (tertiary/aromatic N) is 4. The lowest BCUT2D eigenvalue weighted by molar-refractivity contribution is 0.849. The van der Waals surface area contributed by atoms with Crippen molar-refractivity contribution in [1.29, 1.82) is 0 Å². The molecule has 0 saturated carbocycles. The molecule has 0 aliphatic rings. The fraction of sp³-hybridized carbons (Fsp3) is 0.375. The summed E-state index contributed by atoms with van der Waals surface area (Å²) in [4.78, 5) is 4.20. The fourth-order valence-corrected chi connectivity index (χ4v) is 2.98. The summed E-state index contributed by atoms with van der Waals surface area (Å²) >= 11 is 9.10. The first-order valence-corrected chi connectivity index (χ1v) is 6.44. The molecule has 0 aliphatic carbocycles. The predicted molar refractivity (Wildman–Crippen MR) is 62.4 cm³/mol. The molecule has 0 atom stereocenters. The third kappa shape index (κ3) is 2.50. The van der Waals surface area contributed by atoms with Crippen molar-refractivity contribution in [3.05, 3.63) is 22.2 Å². The summed E-state index contributed by atoms with van der Waals surface area (Å²) < 4.78 is 2.83. The Morgan fingerprint density at radius 2 is 2.33 bits per heavy atom. The maximum atomic E-state index is 5.88. The highest BCUT2D eigenvalue weighted by molar-refractivity contribution is 8.00. The summed E-state index contributed by atoms with van der Waals surface area (Å²) in [6, 6.07) is 0. The number of rotatable bonds is 3. The van der Waals surface area contributed by atoms with Gasteiger partial charge in [0.2, 0.25) is 0 Å². The molecule has 7 heteroatoms. The summed E-state index contributed by atoms with van der Waals surface area (Å²) in [5.74, 6) is 1.70. The summed E-state index contributed by atoms with van der Waals surface area (Å²) in [5, 5.41) is 9.61. The Morgan fingerprint density at radius 1 is 1.53 bits per heavy atom. The van der Waals surface area contributed by atoms with Gasteiger partial charge in [-0.05, 0) is 6.92 Å². The van der Waals surface area contributed by atoms with Crippen LogP contribution in [0.2, 0.25) is 5.15 Å². The summed E-state index contributed by atoms with van der Waals surface area (Å²) in [6.45, 7) is 1.94. The van der Waals surface area contributed by atoms with E-state index < -0.39 is 0 Å². The van der Waals surface area contributed by atoms with Crippen molar-refractivity contribution >= 4 is 34.7 Å². The van der Waals surface area contributed by atoms with Crippen molar-refractivity contribution in [2.45, 2.75) is 17.0 Å². The Bertz CT molecular complexity index is 465. The molecule has 0 spiro atoms. The van der Waals surface area contributed by atoms with Crippen molar-refractivity contribution < 1.29 is 0 Å². The normalized spacial score (nSPS) is 10.9. The summed E-state index contributed by atoms with van der Waals surface area (Å²) in [6.07, 6.45) is 1.66. The van der Waals surface area contributed by atoms with Gasteiger partial charge in [-0.15, -0.1) is 10.2 Å². The molecule has 2 aromatic heterocycles. The maximum absolute atomic E-state index is 5.88. The Kier molecular flexibility index (Phi) is 3.28. The molecule has 0 N–H and O–H groups in total.